The number of thiocarbonyl (C=S) groups is 1. The highest BCUT2D eigenvalue weighted by Gasteiger charge is 2.22. The Kier molecular flexibility index (Phi) is 7.18. The first-order valence-electron chi connectivity index (χ1n) is 9.69. The third-order valence-corrected chi connectivity index (χ3v) is 6.32. The number of benzene rings is 1. The molecule has 156 valence electrons. The Hall–Kier alpha value is -2.06. The first-order valence-corrected chi connectivity index (χ1v) is 11.5. The number of ether oxygens (including phenoxy) is 1. The maximum absolute atomic E-state index is 13.1. The van der Waals surface area contributed by atoms with Crippen LogP contribution in [0.3, 0.4) is 0 Å². The SMILES string of the molecule is COC(=O)[C@H](CCSC)NC(=S)N(C)Cc1cc2cccc3c2n(c1=O)CCC3. The maximum atomic E-state index is 13.1. The minimum Gasteiger partial charge on any atom is -0.467 e. The van der Waals surface area contributed by atoms with Gasteiger partial charge in [-0.1, -0.05) is 18.2 Å². The fourth-order valence-electron chi connectivity index (χ4n) is 3.75. The van der Waals surface area contributed by atoms with E-state index in [1.807, 2.05) is 30.0 Å². The predicted octanol–water partition coefficient (Wildman–Crippen LogP) is 2.55. The summed E-state index contributed by atoms with van der Waals surface area (Å²) < 4.78 is 6.77. The number of para-hydroxylation sites is 1. The molecule has 2 heterocycles. The Morgan fingerprint density at radius 3 is 2.97 bits per heavy atom. The zero-order valence-electron chi connectivity index (χ0n) is 17.1. The Morgan fingerprint density at radius 2 is 2.24 bits per heavy atom. The number of rotatable bonds is 7. The van der Waals surface area contributed by atoms with E-state index in [-0.39, 0.29) is 11.5 Å². The van der Waals surface area contributed by atoms with Crippen molar-refractivity contribution in [3.05, 3.63) is 45.7 Å². The van der Waals surface area contributed by atoms with E-state index in [0.29, 0.717) is 23.6 Å². The van der Waals surface area contributed by atoms with Crippen LogP contribution in [0.15, 0.2) is 29.1 Å². The lowest BCUT2D eigenvalue weighted by molar-refractivity contribution is -0.142. The summed E-state index contributed by atoms with van der Waals surface area (Å²) in [4.78, 5) is 26.9. The van der Waals surface area contributed by atoms with Gasteiger partial charge in [0.1, 0.15) is 6.04 Å². The van der Waals surface area contributed by atoms with Crippen molar-refractivity contribution in [3.63, 3.8) is 0 Å². The molecule has 6 nitrogen and oxygen atoms in total. The summed E-state index contributed by atoms with van der Waals surface area (Å²) in [6, 6.07) is 7.67. The number of hydrogen-bond acceptors (Lipinski definition) is 5. The molecule has 1 N–H and O–H groups in total. The number of aryl methyl sites for hydroxylation is 2. The highest BCUT2D eigenvalue weighted by Crippen LogP contribution is 2.24. The Morgan fingerprint density at radius 1 is 1.45 bits per heavy atom. The number of hydrogen-bond donors (Lipinski definition) is 1. The van der Waals surface area contributed by atoms with Gasteiger partial charge in [-0.15, -0.1) is 0 Å². The van der Waals surface area contributed by atoms with Gasteiger partial charge in [-0.25, -0.2) is 4.79 Å². The molecule has 2 aromatic rings. The summed E-state index contributed by atoms with van der Waals surface area (Å²) in [5.74, 6) is 0.481. The first kappa shape index (κ1) is 21.6. The number of nitrogens with one attached hydrogen (secondary N) is 1. The second kappa shape index (κ2) is 9.63. The van der Waals surface area contributed by atoms with Crippen molar-refractivity contribution < 1.29 is 9.53 Å². The Labute approximate surface area is 180 Å². The van der Waals surface area contributed by atoms with Crippen LogP contribution in [-0.4, -0.2) is 52.8 Å². The van der Waals surface area contributed by atoms with Crippen molar-refractivity contribution in [1.29, 1.82) is 0 Å². The number of carbonyl (C=O) groups is 1. The van der Waals surface area contributed by atoms with Crippen molar-refractivity contribution in [3.8, 4) is 0 Å². The van der Waals surface area contributed by atoms with Crippen LogP contribution in [0.25, 0.3) is 10.9 Å². The fraction of sp³-hybridized carbons (Fsp3) is 0.476. The Bertz CT molecular complexity index is 974. The molecular weight excluding hydrogens is 406 g/mol. The van der Waals surface area contributed by atoms with Gasteiger partial charge in [0.2, 0.25) is 0 Å². The van der Waals surface area contributed by atoms with Gasteiger partial charge in [-0.2, -0.15) is 11.8 Å². The average Bonchev–Trinajstić information content (AvgIpc) is 2.73. The van der Waals surface area contributed by atoms with Crippen LogP contribution in [-0.2, 0) is 29.0 Å². The number of aromatic nitrogens is 1. The van der Waals surface area contributed by atoms with E-state index in [0.717, 1.165) is 36.0 Å². The molecule has 29 heavy (non-hydrogen) atoms. The topological polar surface area (TPSA) is 63.6 Å². The van der Waals surface area contributed by atoms with Crippen molar-refractivity contribution >= 4 is 46.0 Å². The number of carbonyl (C=O) groups excluding carboxylic acids is 1. The average molecular weight is 434 g/mol. The molecule has 8 heteroatoms. The van der Waals surface area contributed by atoms with Gasteiger partial charge in [0.05, 0.1) is 19.2 Å². The van der Waals surface area contributed by atoms with E-state index < -0.39 is 6.04 Å². The summed E-state index contributed by atoms with van der Waals surface area (Å²) in [7, 11) is 3.20. The van der Waals surface area contributed by atoms with Crippen LogP contribution in [0, 0.1) is 0 Å². The molecular formula is C21H27N3O3S2. The van der Waals surface area contributed by atoms with E-state index in [1.165, 1.54) is 12.7 Å². The van der Waals surface area contributed by atoms with Crippen LogP contribution < -0.4 is 10.9 Å². The summed E-state index contributed by atoms with van der Waals surface area (Å²) >= 11 is 7.15. The van der Waals surface area contributed by atoms with Crippen LogP contribution in [0.5, 0.6) is 0 Å². The largest absolute Gasteiger partial charge is 0.467 e. The Balaban J connectivity index is 1.80. The summed E-state index contributed by atoms with van der Waals surface area (Å²) in [6.45, 7) is 1.12. The van der Waals surface area contributed by atoms with Gasteiger partial charge in [-0.05, 0) is 60.5 Å². The summed E-state index contributed by atoms with van der Waals surface area (Å²) in [6.07, 6.45) is 4.59. The number of thioether (sulfide) groups is 1. The quantitative estimate of drug-likeness (QED) is 0.532. The predicted molar refractivity (Wildman–Crippen MR) is 123 cm³/mol. The van der Waals surface area contributed by atoms with E-state index in [4.69, 9.17) is 17.0 Å². The smallest absolute Gasteiger partial charge is 0.328 e. The molecule has 0 aliphatic carbocycles. The van der Waals surface area contributed by atoms with Crippen LogP contribution >= 0.6 is 24.0 Å². The lowest BCUT2D eigenvalue weighted by atomic mass is 10.00. The minimum absolute atomic E-state index is 0.0335. The molecule has 1 atom stereocenters. The molecule has 0 fully saturated rings. The van der Waals surface area contributed by atoms with Crippen molar-refractivity contribution in [2.45, 2.75) is 38.4 Å². The highest BCUT2D eigenvalue weighted by atomic mass is 32.2. The zero-order valence-corrected chi connectivity index (χ0v) is 18.7. The lowest BCUT2D eigenvalue weighted by Crippen LogP contribution is -2.47. The summed E-state index contributed by atoms with van der Waals surface area (Å²) in [5, 5.41) is 4.59. The highest BCUT2D eigenvalue weighted by molar-refractivity contribution is 7.98. The molecule has 0 saturated heterocycles. The monoisotopic (exact) mass is 433 g/mol. The second-order valence-corrected chi connectivity index (χ2v) is 8.62. The van der Waals surface area contributed by atoms with Crippen LogP contribution in [0.4, 0.5) is 0 Å². The molecule has 3 rings (SSSR count). The van der Waals surface area contributed by atoms with Gasteiger partial charge >= 0.3 is 5.97 Å². The zero-order chi connectivity index (χ0) is 21.0. The summed E-state index contributed by atoms with van der Waals surface area (Å²) in [5.41, 5.74) is 3.02. The van der Waals surface area contributed by atoms with Gasteiger partial charge < -0.3 is 19.5 Å². The van der Waals surface area contributed by atoms with Gasteiger partial charge in [0, 0.05) is 19.2 Å². The van der Waals surface area contributed by atoms with Crippen LogP contribution in [0.2, 0.25) is 0 Å². The van der Waals surface area contributed by atoms with Gasteiger partial charge in [-0.3, -0.25) is 4.79 Å². The van der Waals surface area contributed by atoms with Gasteiger partial charge in [0.25, 0.3) is 5.56 Å². The molecule has 0 spiro atoms. The molecule has 1 aromatic heterocycles. The molecule has 0 radical (unpaired) electrons. The molecule has 0 bridgehead atoms. The minimum atomic E-state index is -0.496. The molecule has 0 saturated carbocycles. The molecule has 1 aromatic carbocycles. The second-order valence-electron chi connectivity index (χ2n) is 7.25. The van der Waals surface area contributed by atoms with Crippen molar-refractivity contribution in [2.24, 2.45) is 0 Å². The molecule has 0 amide bonds. The first-order chi connectivity index (χ1) is 14.0. The third kappa shape index (κ3) is 4.75. The van der Waals surface area contributed by atoms with E-state index in [1.54, 1.807) is 16.7 Å². The van der Waals surface area contributed by atoms with Gasteiger partial charge in [0.15, 0.2) is 5.11 Å². The van der Waals surface area contributed by atoms with Crippen molar-refractivity contribution in [2.75, 3.05) is 26.2 Å². The van der Waals surface area contributed by atoms with Crippen molar-refractivity contribution in [1.82, 2.24) is 14.8 Å². The van der Waals surface area contributed by atoms with E-state index in [9.17, 15) is 9.59 Å². The van der Waals surface area contributed by atoms with Crippen LogP contribution in [0.1, 0.15) is 24.0 Å². The standard InChI is InChI=1S/C21H27N3O3S2/c1-23(21(28)22-17(9-11-29-3)20(26)27-2)13-16-12-15-7-4-6-14-8-5-10-24(18(14)15)19(16)25/h4,6-7,12,17H,5,8-11,13H2,1-3H3,(H,22,28)/t17-/m0/s1. The normalized spacial score (nSPS) is 13.8. The number of pyridine rings is 1. The number of methoxy groups -OCH3 is 1. The number of esters is 1. The molecule has 0 unspecified atom stereocenters. The third-order valence-electron chi connectivity index (χ3n) is 5.25. The lowest BCUT2D eigenvalue weighted by Gasteiger charge is -2.26. The maximum Gasteiger partial charge on any atom is 0.328 e. The molecule has 1 aliphatic rings. The van der Waals surface area contributed by atoms with E-state index in [2.05, 4.69) is 17.4 Å². The fourth-order valence-corrected chi connectivity index (χ4v) is 4.43. The number of nitrogens with zero attached hydrogens (tertiary/aromatic N) is 2. The molecule has 1 aliphatic heterocycles. The van der Waals surface area contributed by atoms with E-state index >= 15 is 0 Å².